The number of morpholine rings is 1. The quantitative estimate of drug-likeness (QED) is 0.314. The van der Waals surface area contributed by atoms with Gasteiger partial charge in [0.25, 0.3) is 5.56 Å². The Labute approximate surface area is 199 Å². The molecule has 3 aromatic rings. The molecule has 1 aliphatic rings. The molecule has 0 unspecified atom stereocenters. The van der Waals surface area contributed by atoms with E-state index in [2.05, 4.69) is 13.0 Å². The summed E-state index contributed by atoms with van der Waals surface area (Å²) in [5.41, 5.74) is 4.67. The van der Waals surface area contributed by atoms with Gasteiger partial charge in [0.05, 0.1) is 36.4 Å². The predicted molar refractivity (Wildman–Crippen MR) is 133 cm³/mol. The average molecular weight is 467 g/mol. The number of thioether (sulfide) groups is 1. The van der Waals surface area contributed by atoms with Crippen LogP contribution in [0.4, 0.5) is 0 Å². The van der Waals surface area contributed by atoms with Crippen molar-refractivity contribution < 1.29 is 14.4 Å². The van der Waals surface area contributed by atoms with Crippen LogP contribution in [0.3, 0.4) is 0 Å². The van der Waals surface area contributed by atoms with Crippen molar-refractivity contribution in [3.8, 4) is 0 Å². The number of carbonyl (C=O) groups is 1. The number of carbonyl (C=O) groups excluding carboxylic acids is 1. The summed E-state index contributed by atoms with van der Waals surface area (Å²) in [4.78, 5) is 32.6. The van der Waals surface area contributed by atoms with Crippen LogP contribution >= 0.6 is 11.8 Å². The lowest BCUT2D eigenvalue weighted by Gasteiger charge is -2.24. The summed E-state index contributed by atoms with van der Waals surface area (Å²) >= 11 is 1.36. The molecule has 33 heavy (non-hydrogen) atoms. The minimum atomic E-state index is -0.0325. The van der Waals surface area contributed by atoms with Crippen molar-refractivity contribution in [2.45, 2.75) is 38.9 Å². The van der Waals surface area contributed by atoms with Gasteiger partial charge < -0.3 is 9.64 Å². The summed E-state index contributed by atoms with van der Waals surface area (Å²) in [6.45, 7) is 11.3. The van der Waals surface area contributed by atoms with E-state index < -0.39 is 0 Å². The minimum Gasteiger partial charge on any atom is -0.370 e. The van der Waals surface area contributed by atoms with Crippen molar-refractivity contribution in [3.05, 3.63) is 69.0 Å². The number of Topliss-reactive ketones (excluding diaryl/α,β-unsaturated/α-hetero) is 1. The zero-order valence-corrected chi connectivity index (χ0v) is 20.5. The van der Waals surface area contributed by atoms with E-state index in [0.29, 0.717) is 22.6 Å². The monoisotopic (exact) mass is 466 g/mol. The molecule has 0 bridgehead atoms. The number of ether oxygens (including phenoxy) is 1. The summed E-state index contributed by atoms with van der Waals surface area (Å²) in [6, 6.07) is 11.5. The molecule has 2 heterocycles. The smallest absolute Gasteiger partial charge is 0.262 e. The first-order valence-electron chi connectivity index (χ1n) is 11.6. The van der Waals surface area contributed by atoms with Gasteiger partial charge in [-0.1, -0.05) is 30.0 Å². The highest BCUT2D eigenvalue weighted by Crippen LogP contribution is 2.22. The van der Waals surface area contributed by atoms with Crippen LogP contribution in [0.1, 0.15) is 33.5 Å². The second-order valence-electron chi connectivity index (χ2n) is 8.80. The molecule has 2 aromatic carbocycles. The largest absolute Gasteiger partial charge is 0.370 e. The van der Waals surface area contributed by atoms with Gasteiger partial charge in [0, 0.05) is 18.5 Å². The first-order valence-corrected chi connectivity index (χ1v) is 12.6. The Bertz CT molecular complexity index is 1220. The highest BCUT2D eigenvalue weighted by molar-refractivity contribution is 7.99. The van der Waals surface area contributed by atoms with Crippen LogP contribution in [0.2, 0.25) is 0 Å². The maximum Gasteiger partial charge on any atom is 0.262 e. The van der Waals surface area contributed by atoms with Gasteiger partial charge in [-0.05, 0) is 55.7 Å². The van der Waals surface area contributed by atoms with Crippen LogP contribution < -0.4 is 10.5 Å². The second kappa shape index (κ2) is 10.6. The molecule has 0 atom stereocenters. The normalized spacial score (nSPS) is 14.6. The Morgan fingerprint density at radius 3 is 2.61 bits per heavy atom. The number of ketones is 1. The number of hydrogen-bond acceptors (Lipinski definition) is 5. The summed E-state index contributed by atoms with van der Waals surface area (Å²) in [7, 11) is 0. The fourth-order valence-electron chi connectivity index (χ4n) is 4.32. The number of rotatable bonds is 8. The molecular formula is C26H32N3O3S+. The molecule has 7 heteroatoms. The lowest BCUT2D eigenvalue weighted by Crippen LogP contribution is -3.14. The number of quaternary nitrogens is 1. The van der Waals surface area contributed by atoms with Crippen molar-refractivity contribution in [3.63, 3.8) is 0 Å². The van der Waals surface area contributed by atoms with Crippen LogP contribution in [0.5, 0.6) is 0 Å². The third-order valence-corrected chi connectivity index (χ3v) is 7.39. The van der Waals surface area contributed by atoms with E-state index in [4.69, 9.17) is 9.72 Å². The van der Waals surface area contributed by atoms with Crippen LogP contribution in [-0.4, -0.2) is 53.9 Å². The van der Waals surface area contributed by atoms with Gasteiger partial charge in [-0.3, -0.25) is 14.2 Å². The third-order valence-electron chi connectivity index (χ3n) is 6.41. The molecule has 0 saturated carbocycles. The average Bonchev–Trinajstić information content (AvgIpc) is 2.82. The molecule has 0 aliphatic carbocycles. The number of nitrogens with zero attached hydrogens (tertiary/aromatic N) is 2. The van der Waals surface area contributed by atoms with Gasteiger partial charge >= 0.3 is 0 Å². The number of aromatic nitrogens is 2. The predicted octanol–water partition coefficient (Wildman–Crippen LogP) is 2.60. The van der Waals surface area contributed by atoms with Crippen molar-refractivity contribution in [2.75, 3.05) is 38.6 Å². The van der Waals surface area contributed by atoms with Crippen LogP contribution in [-0.2, 0) is 11.3 Å². The van der Waals surface area contributed by atoms with Crippen molar-refractivity contribution in [1.82, 2.24) is 9.55 Å². The number of para-hydroxylation sites is 1. The number of hydrogen-bond donors (Lipinski definition) is 1. The minimum absolute atomic E-state index is 0.0325. The van der Waals surface area contributed by atoms with Gasteiger partial charge in [-0.15, -0.1) is 0 Å². The van der Waals surface area contributed by atoms with Gasteiger partial charge in [-0.25, -0.2) is 4.98 Å². The lowest BCUT2D eigenvalue weighted by molar-refractivity contribution is -0.908. The lowest BCUT2D eigenvalue weighted by atomic mass is 9.99. The number of aryl methyl sites for hydroxylation is 3. The maximum absolute atomic E-state index is 13.3. The Kier molecular flexibility index (Phi) is 7.63. The molecule has 1 aromatic heterocycles. The molecule has 6 nitrogen and oxygen atoms in total. The summed E-state index contributed by atoms with van der Waals surface area (Å²) in [5.74, 6) is 0.315. The number of benzene rings is 2. The van der Waals surface area contributed by atoms with E-state index in [1.165, 1.54) is 22.2 Å². The summed E-state index contributed by atoms with van der Waals surface area (Å²) in [5, 5.41) is 1.24. The summed E-state index contributed by atoms with van der Waals surface area (Å²) < 4.78 is 7.20. The third kappa shape index (κ3) is 5.54. The fraction of sp³-hybridized carbons (Fsp3) is 0.423. The molecule has 1 aliphatic heterocycles. The molecule has 174 valence electrons. The van der Waals surface area contributed by atoms with E-state index in [0.717, 1.165) is 56.0 Å². The van der Waals surface area contributed by atoms with Crippen LogP contribution in [0, 0.1) is 20.8 Å². The maximum atomic E-state index is 13.3. The molecule has 1 saturated heterocycles. The van der Waals surface area contributed by atoms with Gasteiger partial charge in [0.1, 0.15) is 13.1 Å². The Balaban J connectivity index is 1.55. The zero-order chi connectivity index (χ0) is 23.4. The van der Waals surface area contributed by atoms with E-state index in [1.807, 2.05) is 44.2 Å². The van der Waals surface area contributed by atoms with Crippen molar-refractivity contribution in [2.24, 2.45) is 0 Å². The van der Waals surface area contributed by atoms with Gasteiger partial charge in [-0.2, -0.15) is 0 Å². The van der Waals surface area contributed by atoms with Gasteiger partial charge in [0.2, 0.25) is 0 Å². The molecule has 0 amide bonds. The van der Waals surface area contributed by atoms with E-state index >= 15 is 0 Å². The first-order chi connectivity index (χ1) is 15.9. The SMILES string of the molecule is Cc1cc(C)c(C(=O)CSc2nc3ccccc3c(=O)n2CCC[NH+]2CCOCC2)cc1C. The van der Waals surface area contributed by atoms with E-state index in [-0.39, 0.29) is 17.1 Å². The van der Waals surface area contributed by atoms with E-state index in [1.54, 1.807) is 4.57 Å². The highest BCUT2D eigenvalue weighted by Gasteiger charge is 2.17. The van der Waals surface area contributed by atoms with Crippen molar-refractivity contribution in [1.29, 1.82) is 0 Å². The Hall–Kier alpha value is -2.48. The van der Waals surface area contributed by atoms with Crippen LogP contribution in [0.15, 0.2) is 46.3 Å². The topological polar surface area (TPSA) is 65.6 Å². The number of fused-ring (bicyclic) bond motifs is 1. The fourth-order valence-corrected chi connectivity index (χ4v) is 5.23. The molecule has 1 N–H and O–H groups in total. The molecule has 1 fully saturated rings. The van der Waals surface area contributed by atoms with Gasteiger partial charge in [0.15, 0.2) is 10.9 Å². The first kappa shape index (κ1) is 23.7. The second-order valence-corrected chi connectivity index (χ2v) is 9.74. The molecule has 0 radical (unpaired) electrons. The van der Waals surface area contributed by atoms with Crippen molar-refractivity contribution >= 4 is 28.4 Å². The Morgan fingerprint density at radius 1 is 1.09 bits per heavy atom. The summed E-state index contributed by atoms with van der Waals surface area (Å²) in [6.07, 6.45) is 0.882. The molecular weight excluding hydrogens is 434 g/mol. The highest BCUT2D eigenvalue weighted by atomic mass is 32.2. The van der Waals surface area contributed by atoms with Crippen LogP contribution in [0.25, 0.3) is 10.9 Å². The molecule has 0 spiro atoms. The van der Waals surface area contributed by atoms with E-state index in [9.17, 15) is 9.59 Å². The molecule has 4 rings (SSSR count). The standard InChI is InChI=1S/C26H31N3O3S/c1-18-15-20(3)22(16-19(18)2)24(30)17-33-26-27-23-8-5-4-7-21(23)25(31)29(26)10-6-9-28-11-13-32-14-12-28/h4-5,7-8,15-16H,6,9-14,17H2,1-3H3/p+1. The Morgan fingerprint density at radius 2 is 1.82 bits per heavy atom. The zero-order valence-electron chi connectivity index (χ0n) is 19.6. The number of nitrogens with one attached hydrogen (secondary N) is 1.